The number of hydrogen-bond donors (Lipinski definition) is 1. The molecule has 0 radical (unpaired) electrons. The molecule has 2 rings (SSSR count). The minimum Gasteiger partial charge on any atom is -0.350 e. The number of sulfonamides is 1. The molecule has 2 aromatic carbocycles. The summed E-state index contributed by atoms with van der Waals surface area (Å²) in [4.78, 5) is 12.1. The van der Waals surface area contributed by atoms with Crippen LogP contribution in [0, 0.1) is 19.7 Å². The zero-order valence-corrected chi connectivity index (χ0v) is 16.3. The molecular weight excluding hydrogens is 379 g/mol. The maximum absolute atomic E-state index is 13.8. The van der Waals surface area contributed by atoms with Gasteiger partial charge >= 0.3 is 0 Å². The summed E-state index contributed by atoms with van der Waals surface area (Å²) < 4.78 is 39.2. The van der Waals surface area contributed by atoms with E-state index in [1.807, 2.05) is 19.9 Å². The van der Waals surface area contributed by atoms with Crippen molar-refractivity contribution in [3.8, 4) is 0 Å². The lowest BCUT2D eigenvalue weighted by molar-refractivity contribution is 0.0951. The first-order chi connectivity index (χ1) is 12.1. The maximum Gasteiger partial charge on any atom is 0.255 e. The minimum absolute atomic E-state index is 0.00312. The molecule has 1 N–H and O–H groups in total. The van der Waals surface area contributed by atoms with Crippen LogP contribution in [0.5, 0.6) is 0 Å². The van der Waals surface area contributed by atoms with Crippen LogP contribution in [0.3, 0.4) is 0 Å². The molecule has 0 aliphatic heterocycles. The Morgan fingerprint density at radius 2 is 1.88 bits per heavy atom. The molecule has 140 valence electrons. The first-order valence-electron chi connectivity index (χ1n) is 7.88. The maximum atomic E-state index is 13.8. The van der Waals surface area contributed by atoms with Gasteiger partial charge in [0, 0.05) is 6.54 Å². The Morgan fingerprint density at radius 1 is 1.19 bits per heavy atom. The predicted octanol–water partition coefficient (Wildman–Crippen LogP) is 3.29. The molecule has 0 heterocycles. The number of nitrogens with one attached hydrogen (secondary N) is 1. The fraction of sp³-hybridized carbons (Fsp3) is 0.278. The Kier molecular flexibility index (Phi) is 6.26. The van der Waals surface area contributed by atoms with E-state index in [4.69, 9.17) is 11.6 Å². The lowest BCUT2D eigenvalue weighted by Gasteiger charge is -2.23. The summed E-state index contributed by atoms with van der Waals surface area (Å²) in [5, 5.41) is 2.51. The van der Waals surface area contributed by atoms with Crippen molar-refractivity contribution in [3.63, 3.8) is 0 Å². The van der Waals surface area contributed by atoms with E-state index < -0.39 is 21.7 Å². The molecule has 0 saturated heterocycles. The quantitative estimate of drug-likeness (QED) is 0.811. The molecule has 0 unspecified atom stereocenters. The number of halogens is 2. The van der Waals surface area contributed by atoms with Gasteiger partial charge in [-0.25, -0.2) is 12.8 Å². The van der Waals surface area contributed by atoms with E-state index in [0.717, 1.165) is 23.4 Å². The van der Waals surface area contributed by atoms with E-state index in [1.54, 1.807) is 12.1 Å². The van der Waals surface area contributed by atoms with Crippen molar-refractivity contribution in [2.45, 2.75) is 13.8 Å². The van der Waals surface area contributed by atoms with E-state index in [2.05, 4.69) is 5.32 Å². The Bertz CT molecular complexity index is 912. The summed E-state index contributed by atoms with van der Waals surface area (Å²) >= 11 is 5.86. The molecule has 0 atom stereocenters. The van der Waals surface area contributed by atoms with Gasteiger partial charge in [0.1, 0.15) is 5.82 Å². The second-order valence-corrected chi connectivity index (χ2v) is 8.27. The third-order valence-electron chi connectivity index (χ3n) is 3.97. The van der Waals surface area contributed by atoms with Gasteiger partial charge in [-0.3, -0.25) is 9.10 Å². The highest BCUT2D eigenvalue weighted by atomic mass is 35.5. The van der Waals surface area contributed by atoms with Crippen molar-refractivity contribution in [1.29, 1.82) is 0 Å². The average Bonchev–Trinajstić information content (AvgIpc) is 2.53. The largest absolute Gasteiger partial charge is 0.350 e. The van der Waals surface area contributed by atoms with Gasteiger partial charge in [0.15, 0.2) is 0 Å². The van der Waals surface area contributed by atoms with Crippen LogP contribution < -0.4 is 9.62 Å². The van der Waals surface area contributed by atoms with Gasteiger partial charge in [0.25, 0.3) is 5.91 Å². The van der Waals surface area contributed by atoms with Gasteiger partial charge in [0.05, 0.1) is 29.1 Å². The topological polar surface area (TPSA) is 66.5 Å². The highest BCUT2D eigenvalue weighted by Crippen LogP contribution is 2.21. The summed E-state index contributed by atoms with van der Waals surface area (Å²) in [6.07, 6.45) is 1.09. The van der Waals surface area contributed by atoms with Crippen LogP contribution in [-0.4, -0.2) is 33.7 Å². The molecule has 0 aromatic heterocycles. The summed E-state index contributed by atoms with van der Waals surface area (Å²) in [6, 6.07) is 9.26. The lowest BCUT2D eigenvalue weighted by Crippen LogP contribution is -2.38. The number of hydrogen-bond acceptors (Lipinski definition) is 3. The van der Waals surface area contributed by atoms with E-state index in [1.165, 1.54) is 16.4 Å². The highest BCUT2D eigenvalue weighted by Gasteiger charge is 2.19. The number of carbonyl (C=O) groups excluding carboxylic acids is 1. The third-order valence-corrected chi connectivity index (χ3v) is 5.48. The molecular formula is C18H20ClFN2O3S. The SMILES string of the molecule is Cc1ccc(N(CCNC(=O)c2c(F)cccc2Cl)S(C)(=O)=O)cc1C. The van der Waals surface area contributed by atoms with Crippen molar-refractivity contribution in [1.82, 2.24) is 5.32 Å². The molecule has 0 saturated carbocycles. The number of carbonyl (C=O) groups is 1. The minimum atomic E-state index is -3.54. The molecule has 26 heavy (non-hydrogen) atoms. The molecule has 5 nitrogen and oxygen atoms in total. The Morgan fingerprint density at radius 3 is 2.46 bits per heavy atom. The van der Waals surface area contributed by atoms with Gasteiger partial charge < -0.3 is 5.32 Å². The Balaban J connectivity index is 2.13. The number of benzene rings is 2. The summed E-state index contributed by atoms with van der Waals surface area (Å²) in [7, 11) is -3.54. The molecule has 0 bridgehead atoms. The summed E-state index contributed by atoms with van der Waals surface area (Å²) in [5.41, 5.74) is 2.25. The number of anilines is 1. The van der Waals surface area contributed by atoms with Gasteiger partial charge in [-0.15, -0.1) is 0 Å². The number of aryl methyl sites for hydroxylation is 2. The zero-order valence-electron chi connectivity index (χ0n) is 14.7. The normalized spacial score (nSPS) is 11.3. The van der Waals surface area contributed by atoms with E-state index in [9.17, 15) is 17.6 Å². The highest BCUT2D eigenvalue weighted by molar-refractivity contribution is 7.92. The Hall–Kier alpha value is -2.12. The molecule has 0 spiro atoms. The molecule has 8 heteroatoms. The first kappa shape index (κ1) is 20.2. The standard InChI is InChI=1S/C18H20ClFN2O3S/c1-12-7-8-14(11-13(12)2)22(26(3,24)25)10-9-21-18(23)17-15(19)5-4-6-16(17)20/h4-8,11H,9-10H2,1-3H3,(H,21,23). The van der Waals surface area contributed by atoms with Crippen LogP contribution >= 0.6 is 11.6 Å². The molecule has 0 aliphatic rings. The van der Waals surface area contributed by atoms with Crippen LogP contribution in [0.15, 0.2) is 36.4 Å². The fourth-order valence-corrected chi connectivity index (χ4v) is 3.61. The van der Waals surface area contributed by atoms with Crippen LogP contribution in [0.1, 0.15) is 21.5 Å². The number of amides is 1. The second kappa shape index (κ2) is 8.05. The monoisotopic (exact) mass is 398 g/mol. The van der Waals surface area contributed by atoms with Crippen LogP contribution in [-0.2, 0) is 10.0 Å². The molecule has 1 amide bonds. The van der Waals surface area contributed by atoms with Crippen molar-refractivity contribution >= 4 is 33.2 Å². The second-order valence-electron chi connectivity index (χ2n) is 5.96. The fourth-order valence-electron chi connectivity index (χ4n) is 2.44. The van der Waals surface area contributed by atoms with Crippen LogP contribution in [0.25, 0.3) is 0 Å². The van der Waals surface area contributed by atoms with Crippen molar-refractivity contribution in [2.24, 2.45) is 0 Å². The molecule has 0 fully saturated rings. The van der Waals surface area contributed by atoms with Crippen molar-refractivity contribution < 1.29 is 17.6 Å². The predicted molar refractivity (Wildman–Crippen MR) is 102 cm³/mol. The van der Waals surface area contributed by atoms with Crippen LogP contribution in [0.2, 0.25) is 5.02 Å². The van der Waals surface area contributed by atoms with Gasteiger partial charge in [0.2, 0.25) is 10.0 Å². The van der Waals surface area contributed by atoms with E-state index in [-0.39, 0.29) is 23.7 Å². The number of nitrogens with zero attached hydrogens (tertiary/aromatic N) is 1. The van der Waals surface area contributed by atoms with Crippen molar-refractivity contribution in [2.75, 3.05) is 23.7 Å². The number of rotatable bonds is 6. The summed E-state index contributed by atoms with van der Waals surface area (Å²) in [6.45, 7) is 3.84. The zero-order chi connectivity index (χ0) is 19.5. The van der Waals surface area contributed by atoms with Crippen LogP contribution in [0.4, 0.5) is 10.1 Å². The molecule has 2 aromatic rings. The lowest BCUT2D eigenvalue weighted by atomic mass is 10.1. The smallest absolute Gasteiger partial charge is 0.255 e. The first-order valence-corrected chi connectivity index (χ1v) is 10.1. The van der Waals surface area contributed by atoms with E-state index >= 15 is 0 Å². The van der Waals surface area contributed by atoms with Crippen molar-refractivity contribution in [3.05, 3.63) is 63.9 Å². The summed E-state index contributed by atoms with van der Waals surface area (Å²) in [5.74, 6) is -1.43. The third kappa shape index (κ3) is 4.74. The van der Waals surface area contributed by atoms with Gasteiger partial charge in [-0.2, -0.15) is 0 Å². The van der Waals surface area contributed by atoms with Gasteiger partial charge in [-0.05, 0) is 49.2 Å². The molecule has 0 aliphatic carbocycles. The van der Waals surface area contributed by atoms with Gasteiger partial charge in [-0.1, -0.05) is 23.7 Å². The van der Waals surface area contributed by atoms with E-state index in [0.29, 0.717) is 5.69 Å². The Labute approximate surface area is 157 Å². The average molecular weight is 399 g/mol.